The van der Waals surface area contributed by atoms with E-state index >= 15 is 0 Å². The topological polar surface area (TPSA) is 17.1 Å². The van der Waals surface area contributed by atoms with Gasteiger partial charge in [0.2, 0.25) is 0 Å². The van der Waals surface area contributed by atoms with E-state index in [2.05, 4.69) is 6.92 Å². The molecule has 1 aliphatic rings. The van der Waals surface area contributed by atoms with Gasteiger partial charge in [0.1, 0.15) is 6.29 Å². The highest BCUT2D eigenvalue weighted by Crippen LogP contribution is 2.25. The van der Waals surface area contributed by atoms with Crippen molar-refractivity contribution in [2.75, 3.05) is 0 Å². The molecule has 0 heterocycles. The van der Waals surface area contributed by atoms with Gasteiger partial charge in [0.05, 0.1) is 0 Å². The summed E-state index contributed by atoms with van der Waals surface area (Å²) in [5.74, 6) is 1.09. The standard InChI is InChI=1S/C8H16.C7H6O.C2H6/c1-2-8-6-4-3-5-7-8;8-6-7-4-2-1-3-5-7;1-2/h8H,2-7H2,1H3;1-6H;1-2H3. The van der Waals surface area contributed by atoms with Gasteiger partial charge < -0.3 is 0 Å². The van der Waals surface area contributed by atoms with E-state index in [4.69, 9.17) is 0 Å². The highest BCUT2D eigenvalue weighted by molar-refractivity contribution is 5.74. The van der Waals surface area contributed by atoms with Crippen molar-refractivity contribution in [2.24, 2.45) is 5.92 Å². The Morgan fingerprint density at radius 2 is 1.61 bits per heavy atom. The first kappa shape index (κ1) is 16.9. The molecule has 1 heteroatoms. The second-order valence-corrected chi connectivity index (χ2v) is 4.44. The van der Waals surface area contributed by atoms with Crippen LogP contribution in [0.1, 0.15) is 69.7 Å². The smallest absolute Gasteiger partial charge is 0.150 e. The largest absolute Gasteiger partial charge is 0.298 e. The zero-order valence-electron chi connectivity index (χ0n) is 12.2. The van der Waals surface area contributed by atoms with Crippen LogP contribution in [-0.4, -0.2) is 6.29 Å². The van der Waals surface area contributed by atoms with Crippen LogP contribution in [0.4, 0.5) is 0 Å². The number of carbonyl (C=O) groups excluding carboxylic acids is 1. The molecule has 1 saturated carbocycles. The molecule has 0 aromatic heterocycles. The summed E-state index contributed by atoms with van der Waals surface area (Å²) in [4.78, 5) is 10.0. The number of carbonyl (C=O) groups is 1. The summed E-state index contributed by atoms with van der Waals surface area (Å²) < 4.78 is 0. The summed E-state index contributed by atoms with van der Waals surface area (Å²) in [5, 5.41) is 0. The van der Waals surface area contributed by atoms with E-state index in [1.54, 1.807) is 12.1 Å². The molecule has 1 nitrogen and oxygen atoms in total. The molecule has 0 atom stereocenters. The van der Waals surface area contributed by atoms with Gasteiger partial charge in [-0.2, -0.15) is 0 Å². The average Bonchev–Trinajstić information content (AvgIpc) is 2.51. The fourth-order valence-corrected chi connectivity index (χ4v) is 2.13. The maximum absolute atomic E-state index is 10.0. The van der Waals surface area contributed by atoms with Crippen molar-refractivity contribution in [2.45, 2.75) is 59.3 Å². The number of hydrogen-bond donors (Lipinski definition) is 0. The molecule has 0 bridgehead atoms. The van der Waals surface area contributed by atoms with Crippen LogP contribution in [-0.2, 0) is 0 Å². The monoisotopic (exact) mass is 248 g/mol. The van der Waals surface area contributed by atoms with Gasteiger partial charge in [-0.1, -0.05) is 89.6 Å². The van der Waals surface area contributed by atoms with Crippen LogP contribution in [0.3, 0.4) is 0 Å². The third kappa shape index (κ3) is 8.05. The van der Waals surface area contributed by atoms with Crippen LogP contribution in [0.15, 0.2) is 30.3 Å². The third-order valence-corrected chi connectivity index (χ3v) is 3.24. The predicted molar refractivity (Wildman–Crippen MR) is 80.0 cm³/mol. The van der Waals surface area contributed by atoms with Crippen LogP contribution in [0.25, 0.3) is 0 Å². The first-order valence-corrected chi connectivity index (χ1v) is 7.37. The van der Waals surface area contributed by atoms with Crippen molar-refractivity contribution in [3.8, 4) is 0 Å². The van der Waals surface area contributed by atoms with Crippen molar-refractivity contribution in [1.29, 1.82) is 0 Å². The highest BCUT2D eigenvalue weighted by Gasteiger charge is 2.09. The van der Waals surface area contributed by atoms with E-state index in [1.807, 2.05) is 32.0 Å². The maximum Gasteiger partial charge on any atom is 0.150 e. The van der Waals surface area contributed by atoms with Gasteiger partial charge in [0.25, 0.3) is 0 Å². The molecule has 18 heavy (non-hydrogen) atoms. The fraction of sp³-hybridized carbons (Fsp3) is 0.588. The van der Waals surface area contributed by atoms with Gasteiger partial charge in [-0.15, -0.1) is 0 Å². The normalized spacial score (nSPS) is 14.6. The first-order valence-electron chi connectivity index (χ1n) is 7.37. The molecule has 0 spiro atoms. The fourth-order valence-electron chi connectivity index (χ4n) is 2.13. The molecule has 102 valence electrons. The lowest BCUT2D eigenvalue weighted by molar-refractivity contribution is 0.112. The van der Waals surface area contributed by atoms with E-state index < -0.39 is 0 Å². The number of benzene rings is 1. The minimum atomic E-state index is 0.729. The van der Waals surface area contributed by atoms with Crippen molar-refractivity contribution in [3.63, 3.8) is 0 Å². The van der Waals surface area contributed by atoms with Gasteiger partial charge in [0, 0.05) is 5.56 Å². The highest BCUT2D eigenvalue weighted by atomic mass is 16.1. The lowest BCUT2D eigenvalue weighted by Gasteiger charge is -2.18. The van der Waals surface area contributed by atoms with Gasteiger partial charge >= 0.3 is 0 Å². The summed E-state index contributed by atoms with van der Waals surface area (Å²) in [5.41, 5.74) is 0.729. The second kappa shape index (κ2) is 12.3. The van der Waals surface area contributed by atoms with E-state index in [9.17, 15) is 4.79 Å². The molecule has 1 aromatic carbocycles. The maximum atomic E-state index is 10.0. The Bertz CT molecular complexity index is 273. The number of aldehydes is 1. The van der Waals surface area contributed by atoms with Crippen LogP contribution < -0.4 is 0 Å². The third-order valence-electron chi connectivity index (χ3n) is 3.24. The molecule has 0 saturated heterocycles. The van der Waals surface area contributed by atoms with Crippen LogP contribution >= 0.6 is 0 Å². The average molecular weight is 248 g/mol. The van der Waals surface area contributed by atoms with E-state index in [1.165, 1.54) is 38.5 Å². The molecule has 0 unspecified atom stereocenters. The predicted octanol–water partition coefficient (Wildman–Crippen LogP) is 5.50. The van der Waals surface area contributed by atoms with Gasteiger partial charge in [-0.05, 0) is 5.92 Å². The molecule has 0 N–H and O–H groups in total. The van der Waals surface area contributed by atoms with Crippen molar-refractivity contribution in [1.82, 2.24) is 0 Å². The van der Waals surface area contributed by atoms with Crippen molar-refractivity contribution in [3.05, 3.63) is 35.9 Å². The van der Waals surface area contributed by atoms with Crippen LogP contribution in [0.5, 0.6) is 0 Å². The zero-order chi connectivity index (χ0) is 13.6. The second-order valence-electron chi connectivity index (χ2n) is 4.44. The molecule has 1 fully saturated rings. The van der Waals surface area contributed by atoms with Crippen molar-refractivity contribution >= 4 is 6.29 Å². The van der Waals surface area contributed by atoms with Gasteiger partial charge in [-0.25, -0.2) is 0 Å². The SMILES string of the molecule is CC.CCC1CCCCC1.O=Cc1ccccc1. The van der Waals surface area contributed by atoms with E-state index in [0.29, 0.717) is 0 Å². The Labute approximate surface area is 113 Å². The van der Waals surface area contributed by atoms with Gasteiger partial charge in [0.15, 0.2) is 0 Å². The molecular formula is C17H28O. The lowest BCUT2D eigenvalue weighted by atomic mass is 9.88. The van der Waals surface area contributed by atoms with Crippen molar-refractivity contribution < 1.29 is 4.79 Å². The molecule has 0 radical (unpaired) electrons. The zero-order valence-corrected chi connectivity index (χ0v) is 12.2. The molecule has 2 rings (SSSR count). The Morgan fingerprint density at radius 1 is 1.06 bits per heavy atom. The number of hydrogen-bond acceptors (Lipinski definition) is 1. The van der Waals surface area contributed by atoms with Gasteiger partial charge in [-0.3, -0.25) is 4.79 Å². The van der Waals surface area contributed by atoms with E-state index in [-0.39, 0.29) is 0 Å². The summed E-state index contributed by atoms with van der Waals surface area (Å²) in [6, 6.07) is 9.10. The Kier molecular flexibility index (Phi) is 11.6. The van der Waals surface area contributed by atoms with Crippen LogP contribution in [0.2, 0.25) is 0 Å². The molecule has 0 aliphatic heterocycles. The molecule has 1 aromatic rings. The minimum Gasteiger partial charge on any atom is -0.298 e. The van der Waals surface area contributed by atoms with E-state index in [0.717, 1.165) is 17.8 Å². The Morgan fingerprint density at radius 3 is 1.94 bits per heavy atom. The molecular weight excluding hydrogens is 220 g/mol. The summed E-state index contributed by atoms with van der Waals surface area (Å²) in [6.45, 7) is 6.32. The number of rotatable bonds is 2. The minimum absolute atomic E-state index is 0.729. The molecule has 1 aliphatic carbocycles. The summed E-state index contributed by atoms with van der Waals surface area (Å²) in [7, 11) is 0. The Hall–Kier alpha value is -1.11. The lowest BCUT2D eigenvalue weighted by Crippen LogP contribution is -2.03. The first-order chi connectivity index (χ1) is 8.86. The summed E-state index contributed by atoms with van der Waals surface area (Å²) in [6.07, 6.45) is 9.76. The summed E-state index contributed by atoms with van der Waals surface area (Å²) >= 11 is 0. The molecule has 0 amide bonds. The Balaban J connectivity index is 0.000000283. The quantitative estimate of drug-likeness (QED) is 0.631. The van der Waals surface area contributed by atoms with Crippen LogP contribution in [0, 0.1) is 5.92 Å².